The van der Waals surface area contributed by atoms with Crippen molar-refractivity contribution in [3.8, 4) is 0 Å². The number of hydrogen-bond acceptors (Lipinski definition) is 5. The average Bonchev–Trinajstić information content (AvgIpc) is 2.98. The molecule has 2 heterocycles. The molecule has 0 saturated heterocycles. The molecule has 18 heavy (non-hydrogen) atoms. The van der Waals surface area contributed by atoms with E-state index in [2.05, 4.69) is 30.4 Å². The van der Waals surface area contributed by atoms with Crippen LogP contribution >= 0.6 is 0 Å². The molecule has 2 rings (SSSR count). The quantitative estimate of drug-likeness (QED) is 0.812. The van der Waals surface area contributed by atoms with Crippen LogP contribution in [0.3, 0.4) is 0 Å². The Hall–Kier alpha value is -2.25. The van der Waals surface area contributed by atoms with Crippen LogP contribution in [-0.2, 0) is 6.54 Å². The predicted octanol–water partition coefficient (Wildman–Crippen LogP) is 0.318. The monoisotopic (exact) mass is 249 g/mol. The molecule has 0 saturated carbocycles. The van der Waals surface area contributed by atoms with Crippen LogP contribution in [0.2, 0.25) is 0 Å². The Balaban J connectivity index is 2.05. The molecule has 0 atom stereocenters. The summed E-state index contributed by atoms with van der Waals surface area (Å²) in [5.41, 5.74) is 0. The van der Waals surface area contributed by atoms with Crippen LogP contribution in [0.25, 0.3) is 0 Å². The fraction of sp³-hybridized carbons (Fsp3) is 0.500. The van der Waals surface area contributed by atoms with Crippen LogP contribution in [0, 0.1) is 0 Å². The Morgan fingerprint density at radius 2 is 2.22 bits per heavy atom. The fourth-order valence-corrected chi connectivity index (χ4v) is 1.40. The lowest BCUT2D eigenvalue weighted by Gasteiger charge is -2.12. The lowest BCUT2D eigenvalue weighted by molar-refractivity contribution is 0.0770. The minimum absolute atomic E-state index is 0.167. The summed E-state index contributed by atoms with van der Waals surface area (Å²) in [6.07, 6.45) is 1.40. The summed E-state index contributed by atoms with van der Waals surface area (Å²) in [5.74, 6) is 1.44. The van der Waals surface area contributed by atoms with E-state index in [0.29, 0.717) is 18.2 Å². The topological polar surface area (TPSA) is 103 Å². The summed E-state index contributed by atoms with van der Waals surface area (Å²) >= 11 is 0. The van der Waals surface area contributed by atoms with E-state index in [4.69, 9.17) is 0 Å². The van der Waals surface area contributed by atoms with Crippen molar-refractivity contribution in [2.24, 2.45) is 0 Å². The summed E-state index contributed by atoms with van der Waals surface area (Å²) in [5, 5.41) is 13.1. The molecule has 0 spiro atoms. The van der Waals surface area contributed by atoms with E-state index in [-0.39, 0.29) is 17.6 Å². The van der Waals surface area contributed by atoms with Crippen LogP contribution in [0.1, 0.15) is 42.0 Å². The largest absolute Gasteiger partial charge is 0.331 e. The fourth-order valence-electron chi connectivity index (χ4n) is 1.40. The second kappa shape index (κ2) is 4.94. The van der Waals surface area contributed by atoms with Crippen molar-refractivity contribution in [3.63, 3.8) is 0 Å². The molecule has 0 aliphatic heterocycles. The van der Waals surface area contributed by atoms with Crippen LogP contribution in [0.4, 0.5) is 0 Å². The molecule has 0 unspecified atom stereocenters. The van der Waals surface area contributed by atoms with Gasteiger partial charge in [-0.15, -0.1) is 5.10 Å². The van der Waals surface area contributed by atoms with Crippen LogP contribution in [0.15, 0.2) is 6.33 Å². The molecule has 2 N–H and O–H groups in total. The Labute approximate surface area is 104 Å². The first-order chi connectivity index (χ1) is 8.58. The summed E-state index contributed by atoms with van der Waals surface area (Å²) in [7, 11) is 1.66. The molecular formula is C10H15N7O. The van der Waals surface area contributed by atoms with Crippen molar-refractivity contribution in [1.82, 2.24) is 35.3 Å². The zero-order chi connectivity index (χ0) is 13.1. The third kappa shape index (κ3) is 2.53. The number of aromatic amines is 2. The van der Waals surface area contributed by atoms with Gasteiger partial charge >= 0.3 is 0 Å². The maximum atomic E-state index is 12.0. The molecule has 0 aliphatic rings. The summed E-state index contributed by atoms with van der Waals surface area (Å²) in [6, 6.07) is 0. The predicted molar refractivity (Wildman–Crippen MR) is 62.7 cm³/mol. The first-order valence-electron chi connectivity index (χ1n) is 5.60. The van der Waals surface area contributed by atoms with E-state index in [1.54, 1.807) is 7.05 Å². The van der Waals surface area contributed by atoms with E-state index in [9.17, 15) is 4.79 Å². The number of nitrogens with zero attached hydrogens (tertiary/aromatic N) is 5. The highest BCUT2D eigenvalue weighted by Gasteiger charge is 2.18. The molecule has 0 aliphatic carbocycles. The van der Waals surface area contributed by atoms with Crippen molar-refractivity contribution < 1.29 is 4.79 Å². The summed E-state index contributed by atoms with van der Waals surface area (Å²) in [6.45, 7) is 4.30. The zero-order valence-electron chi connectivity index (χ0n) is 10.5. The van der Waals surface area contributed by atoms with Crippen molar-refractivity contribution in [3.05, 3.63) is 23.8 Å². The van der Waals surface area contributed by atoms with Gasteiger partial charge in [0.1, 0.15) is 18.0 Å². The first kappa shape index (κ1) is 12.2. The second-order valence-corrected chi connectivity index (χ2v) is 4.29. The van der Waals surface area contributed by atoms with Crippen LogP contribution < -0.4 is 0 Å². The van der Waals surface area contributed by atoms with Gasteiger partial charge in [-0.05, 0) is 0 Å². The van der Waals surface area contributed by atoms with Crippen molar-refractivity contribution in [2.75, 3.05) is 7.05 Å². The van der Waals surface area contributed by atoms with Gasteiger partial charge in [-0.1, -0.05) is 13.8 Å². The minimum Gasteiger partial charge on any atom is -0.331 e. The maximum absolute atomic E-state index is 12.0. The third-order valence-electron chi connectivity index (χ3n) is 2.44. The third-order valence-corrected chi connectivity index (χ3v) is 2.44. The van der Waals surface area contributed by atoms with E-state index in [1.807, 2.05) is 13.8 Å². The Kier molecular flexibility index (Phi) is 3.35. The van der Waals surface area contributed by atoms with Gasteiger partial charge in [0.05, 0.1) is 6.54 Å². The van der Waals surface area contributed by atoms with Crippen molar-refractivity contribution in [2.45, 2.75) is 26.3 Å². The number of carbonyl (C=O) groups is 1. The molecule has 8 nitrogen and oxygen atoms in total. The molecule has 1 amide bonds. The highest BCUT2D eigenvalue weighted by Crippen LogP contribution is 2.09. The van der Waals surface area contributed by atoms with Crippen LogP contribution in [0.5, 0.6) is 0 Å². The number of hydrogen-bond donors (Lipinski definition) is 2. The van der Waals surface area contributed by atoms with E-state index < -0.39 is 0 Å². The lowest BCUT2D eigenvalue weighted by atomic mass is 10.2. The van der Waals surface area contributed by atoms with Gasteiger partial charge < -0.3 is 4.90 Å². The van der Waals surface area contributed by atoms with Gasteiger partial charge in [0.15, 0.2) is 0 Å². The Bertz CT molecular complexity index is 516. The maximum Gasteiger partial charge on any atom is 0.293 e. The second-order valence-electron chi connectivity index (χ2n) is 4.29. The van der Waals surface area contributed by atoms with Crippen LogP contribution in [-0.4, -0.2) is 48.2 Å². The molecule has 0 aromatic carbocycles. The number of rotatable bonds is 4. The van der Waals surface area contributed by atoms with Gasteiger partial charge in [-0.2, -0.15) is 5.10 Å². The molecule has 0 fully saturated rings. The summed E-state index contributed by atoms with van der Waals surface area (Å²) in [4.78, 5) is 21.6. The van der Waals surface area contributed by atoms with E-state index >= 15 is 0 Å². The molecule has 0 radical (unpaired) electrons. The van der Waals surface area contributed by atoms with Crippen molar-refractivity contribution >= 4 is 5.91 Å². The molecule has 0 bridgehead atoms. The number of nitrogens with one attached hydrogen (secondary N) is 2. The van der Waals surface area contributed by atoms with Gasteiger partial charge in [-0.25, -0.2) is 9.97 Å². The highest BCUT2D eigenvalue weighted by molar-refractivity contribution is 5.90. The average molecular weight is 249 g/mol. The van der Waals surface area contributed by atoms with Crippen molar-refractivity contribution in [1.29, 1.82) is 0 Å². The lowest BCUT2D eigenvalue weighted by Crippen LogP contribution is -2.27. The number of carbonyl (C=O) groups excluding carboxylic acids is 1. The number of amides is 1. The molecule has 2 aromatic rings. The molecule has 96 valence electrons. The van der Waals surface area contributed by atoms with Gasteiger partial charge in [0, 0.05) is 13.0 Å². The molecule has 2 aromatic heterocycles. The zero-order valence-corrected chi connectivity index (χ0v) is 10.5. The standard InChI is InChI=1S/C10H15N7O/c1-6(2)8-13-9(16-15-8)10(18)17(3)4-7-11-5-12-14-7/h5-6H,4H2,1-3H3,(H,11,12,14)(H,13,15,16). The first-order valence-corrected chi connectivity index (χ1v) is 5.60. The number of aromatic nitrogens is 6. The Morgan fingerprint density at radius 1 is 1.44 bits per heavy atom. The smallest absolute Gasteiger partial charge is 0.293 e. The Morgan fingerprint density at radius 3 is 2.78 bits per heavy atom. The van der Waals surface area contributed by atoms with Gasteiger partial charge in [-0.3, -0.25) is 15.0 Å². The van der Waals surface area contributed by atoms with E-state index in [1.165, 1.54) is 11.2 Å². The minimum atomic E-state index is -0.255. The van der Waals surface area contributed by atoms with Gasteiger partial charge in [0.25, 0.3) is 5.91 Å². The SMILES string of the molecule is CC(C)c1nc(C(=O)N(C)Cc2ncn[nH]2)n[nH]1. The van der Waals surface area contributed by atoms with Gasteiger partial charge in [0.2, 0.25) is 5.82 Å². The normalized spacial score (nSPS) is 10.9. The molecule has 8 heteroatoms. The van der Waals surface area contributed by atoms with E-state index in [0.717, 1.165) is 0 Å². The molecular weight excluding hydrogens is 234 g/mol. The number of H-pyrrole nitrogens is 2. The highest BCUT2D eigenvalue weighted by atomic mass is 16.2. The summed E-state index contributed by atoms with van der Waals surface area (Å²) < 4.78 is 0.